The Morgan fingerprint density at radius 3 is 1.80 bits per heavy atom. The molecule has 0 amide bonds. The lowest BCUT2D eigenvalue weighted by molar-refractivity contribution is 0.435. The van der Waals surface area contributed by atoms with Gasteiger partial charge in [-0.3, -0.25) is 0 Å². The number of aromatic nitrogens is 1. The molecule has 0 unspecified atom stereocenters. The van der Waals surface area contributed by atoms with Gasteiger partial charge < -0.3 is 4.52 Å². The molecule has 3 aromatic carbocycles. The minimum atomic E-state index is 0.784. The Morgan fingerprint density at radius 2 is 1.16 bits per heavy atom. The summed E-state index contributed by atoms with van der Waals surface area (Å²) in [5.41, 5.74) is 5.04. The SMILES string of the molecule is C(=C\c1c(-c2ccccc2)noc1-c1ccccc1)/c1ccccc1. The molecule has 2 nitrogen and oxygen atoms in total. The fourth-order valence-electron chi connectivity index (χ4n) is 2.80. The summed E-state index contributed by atoms with van der Waals surface area (Å²) in [6, 6.07) is 30.4. The van der Waals surface area contributed by atoms with Crippen LogP contribution in [0.4, 0.5) is 0 Å². The molecule has 4 aromatic rings. The molecule has 0 radical (unpaired) electrons. The fourth-order valence-corrected chi connectivity index (χ4v) is 2.80. The monoisotopic (exact) mass is 323 g/mol. The molecule has 1 heterocycles. The van der Waals surface area contributed by atoms with Crippen LogP contribution in [-0.2, 0) is 0 Å². The first-order valence-corrected chi connectivity index (χ1v) is 8.25. The third kappa shape index (κ3) is 3.29. The molecule has 0 aliphatic carbocycles. The van der Waals surface area contributed by atoms with E-state index in [1.54, 1.807) is 0 Å². The second kappa shape index (κ2) is 7.02. The highest BCUT2D eigenvalue weighted by molar-refractivity contribution is 5.86. The maximum atomic E-state index is 5.72. The van der Waals surface area contributed by atoms with E-state index in [9.17, 15) is 0 Å². The summed E-state index contributed by atoms with van der Waals surface area (Å²) >= 11 is 0. The van der Waals surface area contributed by atoms with E-state index >= 15 is 0 Å². The molecule has 0 spiro atoms. The van der Waals surface area contributed by atoms with E-state index in [1.165, 1.54) is 0 Å². The van der Waals surface area contributed by atoms with Gasteiger partial charge in [-0.25, -0.2) is 0 Å². The van der Waals surface area contributed by atoms with Crippen molar-refractivity contribution < 1.29 is 4.52 Å². The minimum Gasteiger partial charge on any atom is -0.355 e. The van der Waals surface area contributed by atoms with Crippen molar-refractivity contribution in [1.82, 2.24) is 5.16 Å². The number of nitrogens with zero attached hydrogens (tertiary/aromatic N) is 1. The highest BCUT2D eigenvalue weighted by atomic mass is 16.5. The van der Waals surface area contributed by atoms with Gasteiger partial charge in [-0.1, -0.05) is 102 Å². The van der Waals surface area contributed by atoms with Crippen molar-refractivity contribution in [3.8, 4) is 22.6 Å². The van der Waals surface area contributed by atoms with Crippen molar-refractivity contribution in [2.75, 3.05) is 0 Å². The standard InChI is InChI=1S/C23H17NO/c1-4-10-18(11-5-1)16-17-21-22(19-12-6-2-7-13-19)24-25-23(21)20-14-8-3-9-15-20/h1-17H/b17-16+. The largest absolute Gasteiger partial charge is 0.355 e. The summed E-state index contributed by atoms with van der Waals surface area (Å²) in [6.45, 7) is 0. The van der Waals surface area contributed by atoms with Crippen molar-refractivity contribution >= 4 is 12.2 Å². The molecule has 0 saturated carbocycles. The minimum absolute atomic E-state index is 0.784. The van der Waals surface area contributed by atoms with E-state index in [0.717, 1.165) is 33.7 Å². The Kier molecular flexibility index (Phi) is 4.25. The van der Waals surface area contributed by atoms with Crippen LogP contribution in [0.5, 0.6) is 0 Å². The molecule has 4 rings (SSSR count). The average molecular weight is 323 g/mol. The molecule has 0 aliphatic rings. The molecule has 120 valence electrons. The van der Waals surface area contributed by atoms with Gasteiger partial charge in [-0.15, -0.1) is 0 Å². The molecule has 0 N–H and O–H groups in total. The molecule has 0 bridgehead atoms. The third-order valence-corrected chi connectivity index (χ3v) is 4.05. The predicted octanol–water partition coefficient (Wildman–Crippen LogP) is 6.18. The second-order valence-electron chi connectivity index (χ2n) is 5.75. The number of rotatable bonds is 4. The van der Waals surface area contributed by atoms with Crippen molar-refractivity contribution in [2.45, 2.75) is 0 Å². The van der Waals surface area contributed by atoms with E-state index < -0.39 is 0 Å². The van der Waals surface area contributed by atoms with Gasteiger partial charge in [0.25, 0.3) is 0 Å². The molecule has 0 atom stereocenters. The van der Waals surface area contributed by atoms with Gasteiger partial charge >= 0.3 is 0 Å². The number of hydrogen-bond donors (Lipinski definition) is 0. The summed E-state index contributed by atoms with van der Waals surface area (Å²) in [6.07, 6.45) is 4.17. The zero-order valence-corrected chi connectivity index (χ0v) is 13.7. The smallest absolute Gasteiger partial charge is 0.174 e. The first-order chi connectivity index (χ1) is 12.4. The Morgan fingerprint density at radius 1 is 0.600 bits per heavy atom. The van der Waals surface area contributed by atoms with Crippen molar-refractivity contribution in [3.63, 3.8) is 0 Å². The summed E-state index contributed by atoms with van der Waals surface area (Å²) in [5.74, 6) is 0.784. The van der Waals surface area contributed by atoms with E-state index in [-0.39, 0.29) is 0 Å². The zero-order valence-electron chi connectivity index (χ0n) is 13.7. The van der Waals surface area contributed by atoms with Crippen LogP contribution in [0.3, 0.4) is 0 Å². The van der Waals surface area contributed by atoms with Crippen LogP contribution >= 0.6 is 0 Å². The molecule has 1 aromatic heterocycles. The van der Waals surface area contributed by atoms with Crippen molar-refractivity contribution in [3.05, 3.63) is 102 Å². The first-order valence-electron chi connectivity index (χ1n) is 8.25. The van der Waals surface area contributed by atoms with E-state index in [1.807, 2.05) is 78.9 Å². The number of benzene rings is 3. The van der Waals surface area contributed by atoms with Crippen LogP contribution in [-0.4, -0.2) is 5.16 Å². The molecule has 0 aliphatic heterocycles. The number of hydrogen-bond acceptors (Lipinski definition) is 2. The highest BCUT2D eigenvalue weighted by Gasteiger charge is 2.16. The summed E-state index contributed by atoms with van der Waals surface area (Å²) in [4.78, 5) is 0. The lowest BCUT2D eigenvalue weighted by Gasteiger charge is -2.01. The third-order valence-electron chi connectivity index (χ3n) is 4.05. The molecule has 0 fully saturated rings. The Hall–Kier alpha value is -3.39. The molecule has 2 heteroatoms. The van der Waals surface area contributed by atoms with Gasteiger partial charge in [0.1, 0.15) is 5.69 Å². The highest BCUT2D eigenvalue weighted by Crippen LogP contribution is 2.33. The lowest BCUT2D eigenvalue weighted by Crippen LogP contribution is -1.82. The van der Waals surface area contributed by atoms with E-state index in [2.05, 4.69) is 29.4 Å². The molecular formula is C23H17NO. The molecule has 25 heavy (non-hydrogen) atoms. The quantitative estimate of drug-likeness (QED) is 0.448. The topological polar surface area (TPSA) is 26.0 Å². The van der Waals surface area contributed by atoms with Crippen LogP contribution in [0.25, 0.3) is 34.7 Å². The lowest BCUT2D eigenvalue weighted by atomic mass is 10.0. The molecular weight excluding hydrogens is 306 g/mol. The van der Waals surface area contributed by atoms with Gasteiger partial charge in [-0.05, 0) is 11.6 Å². The zero-order chi connectivity index (χ0) is 16.9. The van der Waals surface area contributed by atoms with Crippen LogP contribution in [0.15, 0.2) is 95.5 Å². The van der Waals surface area contributed by atoms with E-state index in [4.69, 9.17) is 4.52 Å². The second-order valence-corrected chi connectivity index (χ2v) is 5.75. The Balaban J connectivity index is 1.84. The van der Waals surface area contributed by atoms with Gasteiger partial charge in [-0.2, -0.15) is 0 Å². The van der Waals surface area contributed by atoms with Crippen LogP contribution in [0, 0.1) is 0 Å². The maximum absolute atomic E-state index is 5.72. The summed E-state index contributed by atoms with van der Waals surface area (Å²) < 4.78 is 5.72. The first kappa shape index (κ1) is 15.2. The normalized spacial score (nSPS) is 11.0. The van der Waals surface area contributed by atoms with Crippen molar-refractivity contribution in [1.29, 1.82) is 0 Å². The summed E-state index contributed by atoms with van der Waals surface area (Å²) in [5, 5.41) is 4.35. The predicted molar refractivity (Wildman–Crippen MR) is 103 cm³/mol. The van der Waals surface area contributed by atoms with Gasteiger partial charge in [0.05, 0.1) is 5.56 Å². The maximum Gasteiger partial charge on any atom is 0.174 e. The molecule has 0 saturated heterocycles. The van der Waals surface area contributed by atoms with Gasteiger partial charge in [0.2, 0.25) is 0 Å². The van der Waals surface area contributed by atoms with Gasteiger partial charge in [0, 0.05) is 11.1 Å². The van der Waals surface area contributed by atoms with E-state index in [0.29, 0.717) is 0 Å². The fraction of sp³-hybridized carbons (Fsp3) is 0. The Bertz CT molecular complexity index is 914. The van der Waals surface area contributed by atoms with Gasteiger partial charge in [0.15, 0.2) is 5.76 Å². The van der Waals surface area contributed by atoms with Crippen molar-refractivity contribution in [2.24, 2.45) is 0 Å². The summed E-state index contributed by atoms with van der Waals surface area (Å²) in [7, 11) is 0. The van der Waals surface area contributed by atoms with Crippen LogP contribution in [0.1, 0.15) is 11.1 Å². The average Bonchev–Trinajstić information content (AvgIpc) is 3.12. The van der Waals surface area contributed by atoms with Crippen LogP contribution < -0.4 is 0 Å². The van der Waals surface area contributed by atoms with Crippen LogP contribution in [0.2, 0.25) is 0 Å². The Labute approximate surface area is 147 Å².